The van der Waals surface area contributed by atoms with Crippen molar-refractivity contribution in [2.24, 2.45) is 0 Å². The average Bonchev–Trinajstić information content (AvgIpc) is 2.36. The number of benzene rings is 1. The van der Waals surface area contributed by atoms with Crippen LogP contribution in [0.15, 0.2) is 18.2 Å². The van der Waals surface area contributed by atoms with Crippen molar-refractivity contribution < 1.29 is 20.1 Å². The lowest BCUT2D eigenvalue weighted by atomic mass is 9.73. The minimum atomic E-state index is -0.846. The number of hydrogen-bond acceptors (Lipinski definition) is 3. The van der Waals surface area contributed by atoms with Crippen LogP contribution in [0.3, 0.4) is 0 Å². The molecule has 21 heavy (non-hydrogen) atoms. The Balaban J connectivity index is 0.000000885. The van der Waals surface area contributed by atoms with Gasteiger partial charge in [0.05, 0.1) is 18.8 Å². The number of rotatable bonds is 2. The Kier molecular flexibility index (Phi) is 7.07. The van der Waals surface area contributed by atoms with Crippen LogP contribution in [0.1, 0.15) is 63.0 Å². The summed E-state index contributed by atoms with van der Waals surface area (Å²) in [5.74, 6) is -0.846. The van der Waals surface area contributed by atoms with Gasteiger partial charge in [0.15, 0.2) is 0 Å². The lowest BCUT2D eigenvalue weighted by Crippen LogP contribution is -2.25. The number of hydrogen-bond donors (Lipinski definition) is 3. The first-order chi connectivity index (χ1) is 9.46. The van der Waals surface area contributed by atoms with Gasteiger partial charge in [-0.25, -0.2) is 4.79 Å². The Morgan fingerprint density at radius 1 is 0.952 bits per heavy atom. The van der Waals surface area contributed by atoms with Gasteiger partial charge in [0.25, 0.3) is 0 Å². The third-order valence-electron chi connectivity index (χ3n) is 2.95. The lowest BCUT2D eigenvalue weighted by molar-refractivity contribution is 0.0694. The normalized spacial score (nSPS) is 11.6. The molecule has 0 saturated heterocycles. The maximum atomic E-state index is 11.3. The lowest BCUT2D eigenvalue weighted by Gasteiger charge is -2.31. The van der Waals surface area contributed by atoms with Crippen LogP contribution < -0.4 is 0 Å². The van der Waals surface area contributed by atoms with Gasteiger partial charge in [0, 0.05) is 0 Å². The Hall–Kier alpha value is -1.39. The maximum Gasteiger partial charge on any atom is 0.335 e. The molecule has 0 aromatic heterocycles. The summed E-state index contributed by atoms with van der Waals surface area (Å²) in [6.45, 7) is 12.3. The first kappa shape index (κ1) is 19.6. The fourth-order valence-corrected chi connectivity index (χ4v) is 2.16. The topological polar surface area (TPSA) is 77.8 Å². The smallest absolute Gasteiger partial charge is 0.335 e. The van der Waals surface area contributed by atoms with E-state index in [1.807, 2.05) is 12.1 Å². The molecule has 120 valence electrons. The van der Waals surface area contributed by atoms with Crippen LogP contribution in [0.2, 0.25) is 0 Å². The Labute approximate surface area is 127 Å². The summed E-state index contributed by atoms with van der Waals surface area (Å²) in [5, 5.41) is 24.6. The van der Waals surface area contributed by atoms with E-state index in [9.17, 15) is 9.90 Å². The molecule has 0 bridgehead atoms. The van der Waals surface area contributed by atoms with Crippen molar-refractivity contribution in [3.63, 3.8) is 0 Å². The third kappa shape index (κ3) is 5.86. The number of carbonyl (C=O) groups is 1. The molecule has 0 saturated carbocycles. The van der Waals surface area contributed by atoms with Crippen molar-refractivity contribution in [1.82, 2.24) is 0 Å². The minimum Gasteiger partial charge on any atom is -0.478 e. The van der Waals surface area contributed by atoms with E-state index >= 15 is 0 Å². The van der Waals surface area contributed by atoms with Crippen molar-refractivity contribution >= 4 is 5.97 Å². The van der Waals surface area contributed by atoms with Gasteiger partial charge in [0.2, 0.25) is 0 Å². The molecule has 0 unspecified atom stereocenters. The fraction of sp³-hybridized carbons (Fsp3) is 0.588. The van der Waals surface area contributed by atoms with E-state index < -0.39 is 5.97 Å². The molecule has 0 aliphatic rings. The quantitative estimate of drug-likeness (QED) is 0.784. The van der Waals surface area contributed by atoms with E-state index in [4.69, 9.17) is 10.2 Å². The number of aliphatic hydroxyl groups excluding tert-OH is 2. The van der Waals surface area contributed by atoms with Crippen LogP contribution in [-0.4, -0.2) is 34.5 Å². The van der Waals surface area contributed by atoms with Crippen LogP contribution in [0.5, 0.6) is 0 Å². The van der Waals surface area contributed by atoms with Gasteiger partial charge in [-0.2, -0.15) is 0 Å². The second-order valence-electron chi connectivity index (χ2n) is 6.98. The van der Waals surface area contributed by atoms with Crippen LogP contribution >= 0.6 is 0 Å². The molecule has 0 fully saturated rings. The molecule has 1 aromatic carbocycles. The Morgan fingerprint density at radius 3 is 1.71 bits per heavy atom. The number of carboxylic acid groups (broad SMARTS) is 1. The summed E-state index contributed by atoms with van der Waals surface area (Å²) >= 11 is 0. The monoisotopic (exact) mass is 296 g/mol. The molecule has 1 aromatic rings. The Bertz CT molecular complexity index is 463. The van der Waals surface area contributed by atoms with Crippen LogP contribution in [0, 0.1) is 0 Å². The molecule has 1 rings (SSSR count). The largest absolute Gasteiger partial charge is 0.478 e. The highest BCUT2D eigenvalue weighted by Crippen LogP contribution is 2.36. The number of aliphatic hydroxyl groups is 2. The van der Waals surface area contributed by atoms with Gasteiger partial charge in [-0.3, -0.25) is 0 Å². The SMILES string of the molecule is CC(C)(C)c1cccc(C(=O)O)c1C(C)(C)C.OCCO. The molecule has 0 heterocycles. The van der Waals surface area contributed by atoms with Crippen molar-refractivity contribution in [3.8, 4) is 0 Å². The van der Waals surface area contributed by atoms with Crippen molar-refractivity contribution in [3.05, 3.63) is 34.9 Å². The molecule has 0 radical (unpaired) electrons. The predicted molar refractivity (Wildman–Crippen MR) is 85.0 cm³/mol. The first-order valence-electron chi connectivity index (χ1n) is 7.05. The first-order valence-corrected chi connectivity index (χ1v) is 7.05. The maximum absolute atomic E-state index is 11.3. The van der Waals surface area contributed by atoms with Crippen molar-refractivity contribution in [1.29, 1.82) is 0 Å². The van der Waals surface area contributed by atoms with Crippen molar-refractivity contribution in [2.75, 3.05) is 13.2 Å². The van der Waals surface area contributed by atoms with E-state index in [0.717, 1.165) is 11.1 Å². The van der Waals surface area contributed by atoms with E-state index in [-0.39, 0.29) is 24.0 Å². The molecule has 0 amide bonds. The highest BCUT2D eigenvalue weighted by Gasteiger charge is 2.29. The fourth-order valence-electron chi connectivity index (χ4n) is 2.16. The molecule has 0 aliphatic heterocycles. The van der Waals surface area contributed by atoms with E-state index in [0.29, 0.717) is 5.56 Å². The minimum absolute atomic E-state index is 0.0475. The second kappa shape index (κ2) is 7.57. The molecule has 4 nitrogen and oxygen atoms in total. The van der Waals surface area contributed by atoms with E-state index in [1.54, 1.807) is 6.07 Å². The zero-order valence-electron chi connectivity index (χ0n) is 13.9. The van der Waals surface area contributed by atoms with Gasteiger partial charge in [-0.05, 0) is 28.0 Å². The average molecular weight is 296 g/mol. The van der Waals surface area contributed by atoms with E-state index in [1.165, 1.54) is 0 Å². The summed E-state index contributed by atoms with van der Waals surface area (Å²) in [6, 6.07) is 5.56. The molecular weight excluding hydrogens is 268 g/mol. The second-order valence-corrected chi connectivity index (χ2v) is 6.98. The van der Waals surface area contributed by atoms with Crippen LogP contribution in [0.4, 0.5) is 0 Å². The standard InChI is InChI=1S/C15H22O2.C2H6O2/c1-14(2,3)11-9-7-8-10(13(16)17)12(11)15(4,5)6;3-1-2-4/h7-9H,1-6H3,(H,16,17);3-4H,1-2H2. The molecule has 0 spiro atoms. The highest BCUT2D eigenvalue weighted by molar-refractivity contribution is 5.90. The summed E-state index contributed by atoms with van der Waals surface area (Å²) in [5.41, 5.74) is 2.26. The molecule has 0 aliphatic carbocycles. The highest BCUT2D eigenvalue weighted by atomic mass is 16.4. The zero-order valence-corrected chi connectivity index (χ0v) is 13.9. The van der Waals surface area contributed by atoms with Gasteiger partial charge in [-0.15, -0.1) is 0 Å². The summed E-state index contributed by atoms with van der Waals surface area (Å²) in [4.78, 5) is 11.3. The third-order valence-corrected chi connectivity index (χ3v) is 2.95. The number of aromatic carboxylic acids is 1. The van der Waals surface area contributed by atoms with Crippen LogP contribution in [0.25, 0.3) is 0 Å². The summed E-state index contributed by atoms with van der Waals surface area (Å²) in [7, 11) is 0. The van der Waals surface area contributed by atoms with Gasteiger partial charge >= 0.3 is 5.97 Å². The Morgan fingerprint density at radius 2 is 1.43 bits per heavy atom. The van der Waals surface area contributed by atoms with Gasteiger partial charge in [0.1, 0.15) is 0 Å². The van der Waals surface area contributed by atoms with E-state index in [2.05, 4.69) is 41.5 Å². The van der Waals surface area contributed by atoms with Gasteiger partial charge < -0.3 is 15.3 Å². The molecular formula is C17H28O4. The van der Waals surface area contributed by atoms with Crippen LogP contribution in [-0.2, 0) is 10.8 Å². The molecule has 3 N–H and O–H groups in total. The summed E-state index contributed by atoms with van der Waals surface area (Å²) in [6.07, 6.45) is 0. The molecule has 4 heteroatoms. The summed E-state index contributed by atoms with van der Waals surface area (Å²) < 4.78 is 0. The number of carboxylic acids is 1. The predicted octanol–water partition coefficient (Wildman–Crippen LogP) is 2.95. The zero-order chi connectivity index (χ0) is 16.8. The van der Waals surface area contributed by atoms with Gasteiger partial charge in [-0.1, -0.05) is 53.7 Å². The van der Waals surface area contributed by atoms with Crippen molar-refractivity contribution in [2.45, 2.75) is 52.4 Å². The molecule has 0 atom stereocenters.